The molecular formula is C13H16O2. The summed E-state index contributed by atoms with van der Waals surface area (Å²) in [4.78, 5) is 0. The van der Waals surface area contributed by atoms with E-state index in [9.17, 15) is 5.11 Å². The number of phenolic OH excluding ortho intramolecular Hbond substituents is 1. The van der Waals surface area contributed by atoms with Gasteiger partial charge in [0.05, 0.1) is 11.6 Å². The smallest absolute Gasteiger partial charge is 0.137 e. The van der Waals surface area contributed by atoms with E-state index in [0.29, 0.717) is 5.75 Å². The van der Waals surface area contributed by atoms with Crippen LogP contribution >= 0.6 is 0 Å². The lowest BCUT2D eigenvalue weighted by molar-refractivity contribution is 0.480. The Morgan fingerprint density at radius 1 is 1.27 bits per heavy atom. The predicted octanol–water partition coefficient (Wildman–Crippen LogP) is 3.87. The van der Waals surface area contributed by atoms with Crippen LogP contribution in [0.5, 0.6) is 5.75 Å². The van der Waals surface area contributed by atoms with Crippen LogP contribution in [0.1, 0.15) is 31.7 Å². The summed E-state index contributed by atoms with van der Waals surface area (Å²) >= 11 is 0. The average molecular weight is 204 g/mol. The Morgan fingerprint density at radius 3 is 2.93 bits per heavy atom. The Kier molecular flexibility index (Phi) is 2.95. The zero-order valence-corrected chi connectivity index (χ0v) is 8.99. The molecule has 0 spiro atoms. The molecule has 0 bridgehead atoms. The van der Waals surface area contributed by atoms with E-state index in [0.717, 1.165) is 23.0 Å². The number of hydrogen-bond acceptors (Lipinski definition) is 2. The standard InChI is InChI=1S/C13H16O2/c1-2-3-4-5-10-8-12(14)11-6-7-15-13(11)9-10/h6-9,14H,2-5H2,1H3. The van der Waals surface area contributed by atoms with Crippen LogP contribution < -0.4 is 0 Å². The number of fused-ring (bicyclic) bond motifs is 1. The van der Waals surface area contributed by atoms with E-state index in [4.69, 9.17) is 4.42 Å². The zero-order valence-electron chi connectivity index (χ0n) is 8.99. The molecule has 0 unspecified atom stereocenters. The Bertz CT molecular complexity index is 443. The number of rotatable bonds is 4. The number of benzene rings is 1. The number of aryl methyl sites for hydroxylation is 1. The van der Waals surface area contributed by atoms with Crippen molar-refractivity contribution in [1.82, 2.24) is 0 Å². The molecule has 1 heterocycles. The van der Waals surface area contributed by atoms with Crippen molar-refractivity contribution < 1.29 is 9.52 Å². The normalized spacial score (nSPS) is 11.0. The summed E-state index contributed by atoms with van der Waals surface area (Å²) in [5.74, 6) is 0.327. The lowest BCUT2D eigenvalue weighted by atomic mass is 10.1. The van der Waals surface area contributed by atoms with E-state index >= 15 is 0 Å². The van der Waals surface area contributed by atoms with Crippen molar-refractivity contribution in [2.45, 2.75) is 32.6 Å². The lowest BCUT2D eigenvalue weighted by Crippen LogP contribution is -1.85. The minimum atomic E-state index is 0.327. The van der Waals surface area contributed by atoms with Gasteiger partial charge in [-0.2, -0.15) is 0 Å². The third kappa shape index (κ3) is 2.14. The van der Waals surface area contributed by atoms with Gasteiger partial charge < -0.3 is 9.52 Å². The summed E-state index contributed by atoms with van der Waals surface area (Å²) in [5.41, 5.74) is 1.94. The molecular weight excluding hydrogens is 188 g/mol. The molecule has 2 rings (SSSR count). The third-order valence-electron chi connectivity index (χ3n) is 2.68. The van der Waals surface area contributed by atoms with Crippen LogP contribution in [0.25, 0.3) is 11.0 Å². The molecule has 0 aliphatic carbocycles. The molecule has 2 aromatic rings. The van der Waals surface area contributed by atoms with Gasteiger partial charge in [-0.15, -0.1) is 0 Å². The highest BCUT2D eigenvalue weighted by Gasteiger charge is 2.05. The molecule has 15 heavy (non-hydrogen) atoms. The van der Waals surface area contributed by atoms with Crippen molar-refractivity contribution >= 4 is 11.0 Å². The summed E-state index contributed by atoms with van der Waals surface area (Å²) in [7, 11) is 0. The summed E-state index contributed by atoms with van der Waals surface area (Å²) in [5, 5.41) is 10.5. The van der Waals surface area contributed by atoms with Gasteiger partial charge in [0.15, 0.2) is 0 Å². The lowest BCUT2D eigenvalue weighted by Gasteiger charge is -2.02. The van der Waals surface area contributed by atoms with Crippen molar-refractivity contribution in [3.63, 3.8) is 0 Å². The maximum absolute atomic E-state index is 9.74. The van der Waals surface area contributed by atoms with Gasteiger partial charge in [0.2, 0.25) is 0 Å². The number of aromatic hydroxyl groups is 1. The summed E-state index contributed by atoms with van der Waals surface area (Å²) < 4.78 is 5.29. The second-order valence-corrected chi connectivity index (χ2v) is 3.90. The van der Waals surface area contributed by atoms with Gasteiger partial charge in [-0.25, -0.2) is 0 Å². The first-order chi connectivity index (χ1) is 7.31. The molecule has 0 aliphatic heterocycles. The number of hydrogen-bond donors (Lipinski definition) is 1. The molecule has 0 fully saturated rings. The Labute approximate surface area is 89.5 Å². The largest absolute Gasteiger partial charge is 0.507 e. The second-order valence-electron chi connectivity index (χ2n) is 3.90. The van der Waals surface area contributed by atoms with Gasteiger partial charge in [-0.3, -0.25) is 0 Å². The van der Waals surface area contributed by atoms with Crippen molar-refractivity contribution in [3.05, 3.63) is 30.0 Å². The summed E-state index contributed by atoms with van der Waals surface area (Å²) in [6, 6.07) is 5.65. The van der Waals surface area contributed by atoms with Crippen LogP contribution in [-0.4, -0.2) is 5.11 Å². The van der Waals surface area contributed by atoms with E-state index < -0.39 is 0 Å². The summed E-state index contributed by atoms with van der Waals surface area (Å²) in [6.07, 6.45) is 6.24. The average Bonchev–Trinajstić information content (AvgIpc) is 2.66. The molecule has 1 aromatic carbocycles. The first-order valence-corrected chi connectivity index (χ1v) is 5.50. The van der Waals surface area contributed by atoms with Crippen molar-refractivity contribution in [1.29, 1.82) is 0 Å². The number of furan rings is 1. The molecule has 80 valence electrons. The number of unbranched alkanes of at least 4 members (excludes halogenated alkanes) is 2. The molecule has 0 amide bonds. The highest BCUT2D eigenvalue weighted by atomic mass is 16.3. The predicted molar refractivity (Wildman–Crippen MR) is 61.1 cm³/mol. The fourth-order valence-electron chi connectivity index (χ4n) is 1.83. The zero-order chi connectivity index (χ0) is 10.7. The Morgan fingerprint density at radius 2 is 2.13 bits per heavy atom. The topological polar surface area (TPSA) is 33.4 Å². The van der Waals surface area contributed by atoms with E-state index in [1.165, 1.54) is 19.3 Å². The molecule has 2 heteroatoms. The molecule has 2 nitrogen and oxygen atoms in total. The van der Waals surface area contributed by atoms with E-state index in [2.05, 4.69) is 6.92 Å². The number of phenols is 1. The molecule has 1 N–H and O–H groups in total. The van der Waals surface area contributed by atoms with Gasteiger partial charge in [0, 0.05) is 0 Å². The van der Waals surface area contributed by atoms with Crippen LogP contribution in [0.2, 0.25) is 0 Å². The second kappa shape index (κ2) is 4.39. The third-order valence-corrected chi connectivity index (χ3v) is 2.68. The molecule has 0 saturated heterocycles. The van der Waals surface area contributed by atoms with Crippen molar-refractivity contribution in [2.24, 2.45) is 0 Å². The van der Waals surface area contributed by atoms with Crippen LogP contribution in [0.15, 0.2) is 28.9 Å². The van der Waals surface area contributed by atoms with Gasteiger partial charge in [-0.05, 0) is 36.6 Å². The SMILES string of the molecule is CCCCCc1cc(O)c2ccoc2c1. The fraction of sp³-hybridized carbons (Fsp3) is 0.385. The maximum Gasteiger partial charge on any atom is 0.137 e. The molecule has 1 aromatic heterocycles. The van der Waals surface area contributed by atoms with E-state index in [1.54, 1.807) is 12.3 Å². The van der Waals surface area contributed by atoms with Crippen molar-refractivity contribution in [2.75, 3.05) is 0 Å². The van der Waals surface area contributed by atoms with Gasteiger partial charge in [0.1, 0.15) is 11.3 Å². The highest BCUT2D eigenvalue weighted by Crippen LogP contribution is 2.27. The molecule has 0 saturated carbocycles. The summed E-state index contributed by atoms with van der Waals surface area (Å²) in [6.45, 7) is 2.19. The van der Waals surface area contributed by atoms with Crippen LogP contribution in [0.3, 0.4) is 0 Å². The fourth-order valence-corrected chi connectivity index (χ4v) is 1.83. The van der Waals surface area contributed by atoms with Crippen LogP contribution in [0.4, 0.5) is 0 Å². The van der Waals surface area contributed by atoms with Crippen LogP contribution in [-0.2, 0) is 6.42 Å². The monoisotopic (exact) mass is 204 g/mol. The minimum absolute atomic E-state index is 0.327. The van der Waals surface area contributed by atoms with E-state index in [1.807, 2.05) is 12.1 Å². The first kappa shape index (κ1) is 10.1. The first-order valence-electron chi connectivity index (χ1n) is 5.50. The van der Waals surface area contributed by atoms with Gasteiger partial charge in [-0.1, -0.05) is 19.8 Å². The Hall–Kier alpha value is -1.44. The molecule has 0 atom stereocenters. The Balaban J connectivity index is 2.21. The minimum Gasteiger partial charge on any atom is -0.507 e. The van der Waals surface area contributed by atoms with Crippen molar-refractivity contribution in [3.8, 4) is 5.75 Å². The molecule has 0 aliphatic rings. The molecule has 0 radical (unpaired) electrons. The van der Waals surface area contributed by atoms with Gasteiger partial charge in [0.25, 0.3) is 0 Å². The quantitative estimate of drug-likeness (QED) is 0.767. The maximum atomic E-state index is 9.74. The van der Waals surface area contributed by atoms with E-state index in [-0.39, 0.29) is 0 Å². The van der Waals surface area contributed by atoms with Gasteiger partial charge >= 0.3 is 0 Å². The highest BCUT2D eigenvalue weighted by molar-refractivity contribution is 5.84. The van der Waals surface area contributed by atoms with Crippen LogP contribution in [0, 0.1) is 0 Å².